The van der Waals surface area contributed by atoms with Crippen LogP contribution in [0.3, 0.4) is 0 Å². The van der Waals surface area contributed by atoms with E-state index in [1.165, 1.54) is 11.1 Å². The largest absolute Gasteiger partial charge is 0.489 e. The molecular formula is C31H36N4O3. The summed E-state index contributed by atoms with van der Waals surface area (Å²) in [5.74, 6) is 6.21. The van der Waals surface area contributed by atoms with E-state index in [9.17, 15) is 4.79 Å². The molecule has 1 fully saturated rings. The predicted octanol–water partition coefficient (Wildman–Crippen LogP) is 4.91. The van der Waals surface area contributed by atoms with Crippen LogP contribution in [0.15, 0.2) is 60.9 Å². The Kier molecular flexibility index (Phi) is 9.71. The Morgan fingerprint density at radius 2 is 1.63 bits per heavy atom. The minimum atomic E-state index is -0.855. The van der Waals surface area contributed by atoms with E-state index >= 15 is 0 Å². The third kappa shape index (κ3) is 7.80. The maximum absolute atomic E-state index is 11.1. The minimum Gasteiger partial charge on any atom is -0.489 e. The van der Waals surface area contributed by atoms with E-state index in [0.717, 1.165) is 68.4 Å². The lowest BCUT2D eigenvalue weighted by atomic mass is 9.96. The first-order valence-corrected chi connectivity index (χ1v) is 13.3. The van der Waals surface area contributed by atoms with Crippen LogP contribution in [0.2, 0.25) is 0 Å². The van der Waals surface area contributed by atoms with Crippen molar-refractivity contribution >= 4 is 11.9 Å². The summed E-state index contributed by atoms with van der Waals surface area (Å²) in [5, 5.41) is 9.12. The van der Waals surface area contributed by atoms with Gasteiger partial charge >= 0.3 is 5.97 Å². The van der Waals surface area contributed by atoms with Crippen LogP contribution in [0.5, 0.6) is 5.75 Å². The number of carboxylic acids is 1. The number of benzene rings is 2. The van der Waals surface area contributed by atoms with Crippen LogP contribution in [-0.2, 0) is 24.4 Å². The number of aromatic nitrogens is 2. The molecule has 2 aromatic carbocycles. The molecule has 0 radical (unpaired) electrons. The minimum absolute atomic E-state index is 0.00952. The molecule has 4 rings (SSSR count). The Morgan fingerprint density at radius 3 is 2.24 bits per heavy atom. The number of carbonyl (C=O) groups is 1. The van der Waals surface area contributed by atoms with Gasteiger partial charge in [-0.1, -0.05) is 55.7 Å². The average Bonchev–Trinajstić information content (AvgIpc) is 2.94. The average molecular weight is 513 g/mol. The highest BCUT2D eigenvalue weighted by Crippen LogP contribution is 2.23. The van der Waals surface area contributed by atoms with Crippen LogP contribution in [-0.4, -0.2) is 52.1 Å². The topological polar surface area (TPSA) is 78.8 Å². The molecule has 2 heterocycles. The van der Waals surface area contributed by atoms with Crippen molar-refractivity contribution in [1.82, 2.24) is 14.9 Å². The Balaban J connectivity index is 1.23. The fourth-order valence-electron chi connectivity index (χ4n) is 4.60. The molecule has 0 bridgehead atoms. The van der Waals surface area contributed by atoms with Gasteiger partial charge in [-0.2, -0.15) is 0 Å². The van der Waals surface area contributed by atoms with Gasteiger partial charge in [-0.15, -0.1) is 5.92 Å². The Morgan fingerprint density at radius 1 is 0.974 bits per heavy atom. The van der Waals surface area contributed by atoms with E-state index in [1.807, 2.05) is 36.7 Å². The number of anilines is 1. The normalized spacial score (nSPS) is 14.4. The summed E-state index contributed by atoms with van der Waals surface area (Å²) in [5.41, 5.74) is 4.47. The number of aliphatic carboxylic acids is 1. The second kappa shape index (κ2) is 13.6. The molecule has 0 saturated carbocycles. The molecule has 38 heavy (non-hydrogen) atoms. The molecule has 0 spiro atoms. The molecule has 1 aromatic heterocycles. The summed E-state index contributed by atoms with van der Waals surface area (Å²) in [4.78, 5) is 25.0. The van der Waals surface area contributed by atoms with Gasteiger partial charge in [-0.05, 0) is 47.7 Å². The molecule has 3 aromatic rings. The van der Waals surface area contributed by atoms with Crippen molar-refractivity contribution in [3.8, 4) is 17.6 Å². The quantitative estimate of drug-likeness (QED) is 0.366. The fourth-order valence-corrected chi connectivity index (χ4v) is 4.60. The first-order chi connectivity index (χ1) is 18.5. The predicted molar refractivity (Wildman–Crippen MR) is 149 cm³/mol. The molecule has 0 amide bonds. The Labute approximate surface area is 225 Å². The molecule has 198 valence electrons. The van der Waals surface area contributed by atoms with Crippen LogP contribution in [0.25, 0.3) is 0 Å². The molecule has 1 unspecified atom stereocenters. The fraction of sp³-hybridized carbons (Fsp3) is 0.387. The number of hydrogen-bond acceptors (Lipinski definition) is 6. The van der Waals surface area contributed by atoms with Gasteiger partial charge in [-0.25, -0.2) is 9.97 Å². The van der Waals surface area contributed by atoms with Crippen molar-refractivity contribution in [3.63, 3.8) is 0 Å². The highest BCUT2D eigenvalue weighted by Gasteiger charge is 2.19. The monoisotopic (exact) mass is 512 g/mol. The summed E-state index contributed by atoms with van der Waals surface area (Å²) in [6.45, 7) is 9.12. The number of aryl methyl sites for hydroxylation is 1. The summed E-state index contributed by atoms with van der Waals surface area (Å²) >= 11 is 0. The Hall–Kier alpha value is -3.89. The zero-order chi connectivity index (χ0) is 26.7. The second-order valence-corrected chi connectivity index (χ2v) is 9.62. The molecule has 1 saturated heterocycles. The first-order valence-electron chi connectivity index (χ1n) is 13.3. The highest BCUT2D eigenvalue weighted by molar-refractivity contribution is 5.69. The van der Waals surface area contributed by atoms with Gasteiger partial charge in [-0.3, -0.25) is 9.69 Å². The zero-order valence-corrected chi connectivity index (χ0v) is 22.3. The van der Waals surface area contributed by atoms with Crippen molar-refractivity contribution < 1.29 is 14.6 Å². The van der Waals surface area contributed by atoms with Crippen molar-refractivity contribution in [2.24, 2.45) is 0 Å². The molecule has 1 atom stereocenters. The number of rotatable bonds is 11. The number of carboxylic acid groups (broad SMARTS) is 1. The van der Waals surface area contributed by atoms with Gasteiger partial charge in [0.1, 0.15) is 12.4 Å². The van der Waals surface area contributed by atoms with Crippen molar-refractivity contribution in [3.05, 3.63) is 83.2 Å². The SMILES string of the molecule is CC#CC(CC(=O)O)c1ccc(OCc2ccc(CN3CCN(c4ncc(CCC)cn4)CC3)cc2)cc1. The van der Waals surface area contributed by atoms with Gasteiger partial charge in [0.25, 0.3) is 0 Å². The third-order valence-corrected chi connectivity index (χ3v) is 6.70. The maximum Gasteiger partial charge on any atom is 0.304 e. The Bertz CT molecular complexity index is 1220. The van der Waals surface area contributed by atoms with Crippen molar-refractivity contribution in [2.45, 2.75) is 52.2 Å². The highest BCUT2D eigenvalue weighted by atomic mass is 16.5. The number of nitrogens with zero attached hydrogens (tertiary/aromatic N) is 4. The molecule has 1 aliphatic rings. The number of hydrogen-bond donors (Lipinski definition) is 1. The van der Waals surface area contributed by atoms with Gasteiger partial charge in [0, 0.05) is 45.1 Å². The van der Waals surface area contributed by atoms with E-state index < -0.39 is 5.97 Å². The second-order valence-electron chi connectivity index (χ2n) is 9.62. The van der Waals surface area contributed by atoms with E-state index in [4.69, 9.17) is 9.84 Å². The maximum atomic E-state index is 11.1. The summed E-state index contributed by atoms with van der Waals surface area (Å²) < 4.78 is 5.95. The first kappa shape index (κ1) is 27.2. The molecule has 0 aliphatic carbocycles. The summed E-state index contributed by atoms with van der Waals surface area (Å²) in [6.07, 6.45) is 6.04. The van der Waals surface area contributed by atoms with E-state index in [1.54, 1.807) is 6.92 Å². The number of ether oxygens (including phenoxy) is 1. The van der Waals surface area contributed by atoms with Gasteiger partial charge in [0.2, 0.25) is 5.95 Å². The standard InChI is InChI=1S/C31H36N4O3/c1-3-5-26-20-32-31(33-21-26)35-17-15-34(16-18-35)22-24-7-9-25(10-8-24)23-38-29-13-11-27(12-14-29)28(6-4-2)19-30(36)37/h7-14,20-21,28H,3,5,15-19,22-23H2,1-2H3,(H,36,37). The summed E-state index contributed by atoms with van der Waals surface area (Å²) in [7, 11) is 0. The van der Waals surface area contributed by atoms with Crippen LogP contribution in [0, 0.1) is 11.8 Å². The molecule has 7 nitrogen and oxygen atoms in total. The van der Waals surface area contributed by atoms with Gasteiger partial charge in [0.15, 0.2) is 0 Å². The lowest BCUT2D eigenvalue weighted by molar-refractivity contribution is -0.137. The lowest BCUT2D eigenvalue weighted by Crippen LogP contribution is -2.46. The zero-order valence-electron chi connectivity index (χ0n) is 22.3. The molecule has 7 heteroatoms. The van der Waals surface area contributed by atoms with Gasteiger partial charge in [0.05, 0.1) is 12.3 Å². The van der Waals surface area contributed by atoms with Crippen LogP contribution < -0.4 is 9.64 Å². The van der Waals surface area contributed by atoms with Crippen LogP contribution >= 0.6 is 0 Å². The smallest absolute Gasteiger partial charge is 0.304 e. The van der Waals surface area contributed by atoms with Crippen molar-refractivity contribution in [1.29, 1.82) is 0 Å². The van der Waals surface area contributed by atoms with Crippen LogP contribution in [0.4, 0.5) is 5.95 Å². The van der Waals surface area contributed by atoms with E-state index in [0.29, 0.717) is 6.61 Å². The number of piperazine rings is 1. The van der Waals surface area contributed by atoms with Crippen molar-refractivity contribution in [2.75, 3.05) is 31.1 Å². The molecular weight excluding hydrogens is 476 g/mol. The van der Waals surface area contributed by atoms with Gasteiger partial charge < -0.3 is 14.7 Å². The van der Waals surface area contributed by atoms with Crippen LogP contribution in [0.1, 0.15) is 54.9 Å². The van der Waals surface area contributed by atoms with E-state index in [-0.39, 0.29) is 12.3 Å². The summed E-state index contributed by atoms with van der Waals surface area (Å²) in [6, 6.07) is 16.1. The molecule has 1 aliphatic heterocycles. The lowest BCUT2D eigenvalue weighted by Gasteiger charge is -2.34. The third-order valence-electron chi connectivity index (χ3n) is 6.70. The van der Waals surface area contributed by atoms with E-state index in [2.05, 4.69) is 62.8 Å². The molecule has 1 N–H and O–H groups in total.